The number of carbonyl (C=O) groups is 2. The summed E-state index contributed by atoms with van der Waals surface area (Å²) < 4.78 is 10.4. The van der Waals surface area contributed by atoms with Crippen molar-refractivity contribution in [1.29, 1.82) is 0 Å². The van der Waals surface area contributed by atoms with Crippen LogP contribution in [0.1, 0.15) is 59.3 Å². The smallest absolute Gasteiger partial charge is 0.411 e. The maximum Gasteiger partial charge on any atom is 0.411 e. The first kappa shape index (κ1) is 18.7. The molecule has 1 aliphatic heterocycles. The molecule has 1 rings (SSSR count). The summed E-state index contributed by atoms with van der Waals surface area (Å²) in [5.41, 5.74) is -1.52. The molecule has 1 atom stereocenters. The molecule has 22 heavy (non-hydrogen) atoms. The van der Waals surface area contributed by atoms with Crippen molar-refractivity contribution in [1.82, 2.24) is 4.90 Å². The summed E-state index contributed by atoms with van der Waals surface area (Å²) in [5.74, 6) is -0.375. The summed E-state index contributed by atoms with van der Waals surface area (Å²) >= 11 is 0. The molecular formula is C16H29NO5. The van der Waals surface area contributed by atoms with E-state index in [9.17, 15) is 9.59 Å². The van der Waals surface area contributed by atoms with Crippen LogP contribution in [0.3, 0.4) is 0 Å². The van der Waals surface area contributed by atoms with Crippen molar-refractivity contribution in [2.24, 2.45) is 0 Å². The number of esters is 1. The zero-order valence-electron chi connectivity index (χ0n) is 14.2. The van der Waals surface area contributed by atoms with Crippen molar-refractivity contribution in [3.63, 3.8) is 0 Å². The van der Waals surface area contributed by atoms with Crippen molar-refractivity contribution < 1.29 is 24.2 Å². The number of rotatable bonds is 6. The lowest BCUT2D eigenvalue weighted by Crippen LogP contribution is -2.54. The molecule has 0 bridgehead atoms. The van der Waals surface area contributed by atoms with Gasteiger partial charge in [-0.05, 0) is 46.5 Å². The largest absolute Gasteiger partial charge is 0.467 e. The number of nitrogens with zero attached hydrogens (tertiary/aromatic N) is 1. The quantitative estimate of drug-likeness (QED) is 0.602. The zero-order chi connectivity index (χ0) is 16.8. The van der Waals surface area contributed by atoms with Gasteiger partial charge in [0.1, 0.15) is 11.1 Å². The Hall–Kier alpha value is -1.30. The topological polar surface area (TPSA) is 76.1 Å². The van der Waals surface area contributed by atoms with Crippen molar-refractivity contribution in [3.8, 4) is 0 Å². The third-order valence-corrected chi connectivity index (χ3v) is 3.92. The van der Waals surface area contributed by atoms with Crippen LogP contribution in [0.4, 0.5) is 4.79 Å². The lowest BCUT2D eigenvalue weighted by Gasteiger charge is -2.36. The van der Waals surface area contributed by atoms with E-state index in [4.69, 9.17) is 14.6 Å². The molecule has 1 aliphatic rings. The van der Waals surface area contributed by atoms with E-state index in [1.165, 1.54) is 12.0 Å². The van der Waals surface area contributed by atoms with Gasteiger partial charge in [0, 0.05) is 13.2 Å². The molecule has 0 aromatic carbocycles. The van der Waals surface area contributed by atoms with E-state index in [0.717, 1.165) is 19.3 Å². The number of hydrogen-bond donors (Lipinski definition) is 1. The number of ether oxygens (including phenoxy) is 2. The predicted octanol–water partition coefficient (Wildman–Crippen LogP) is 2.48. The summed E-state index contributed by atoms with van der Waals surface area (Å²) in [4.78, 5) is 26.3. The second-order valence-electron chi connectivity index (χ2n) is 6.79. The van der Waals surface area contributed by atoms with Gasteiger partial charge in [-0.25, -0.2) is 9.59 Å². The van der Waals surface area contributed by atoms with Gasteiger partial charge in [0.05, 0.1) is 7.11 Å². The van der Waals surface area contributed by atoms with Crippen LogP contribution in [0.25, 0.3) is 0 Å². The van der Waals surface area contributed by atoms with E-state index in [0.29, 0.717) is 25.8 Å². The van der Waals surface area contributed by atoms with Gasteiger partial charge < -0.3 is 14.6 Å². The number of aliphatic hydroxyl groups excluding tert-OH is 1. The second kappa shape index (κ2) is 7.81. The first-order chi connectivity index (χ1) is 10.3. The Morgan fingerprint density at radius 2 is 1.91 bits per heavy atom. The highest BCUT2D eigenvalue weighted by Crippen LogP contribution is 2.36. The first-order valence-electron chi connectivity index (χ1n) is 7.97. The zero-order valence-corrected chi connectivity index (χ0v) is 14.2. The Labute approximate surface area is 132 Å². The Morgan fingerprint density at radius 1 is 1.23 bits per heavy atom. The van der Waals surface area contributed by atoms with E-state index in [1.807, 2.05) is 20.8 Å². The standard InChI is InChI=1S/C16H29NO5/c1-15(2,3)22-14(20)17-11-8-10-16(17,13(19)21-4)9-6-5-7-12-18/h18H,5-12H2,1-4H3. The molecule has 1 amide bonds. The molecule has 0 spiro atoms. The van der Waals surface area contributed by atoms with Crippen molar-refractivity contribution in [3.05, 3.63) is 0 Å². The fourth-order valence-electron chi connectivity index (χ4n) is 2.93. The molecule has 1 N–H and O–H groups in total. The monoisotopic (exact) mass is 315 g/mol. The number of amides is 1. The van der Waals surface area contributed by atoms with Crippen molar-refractivity contribution >= 4 is 12.1 Å². The van der Waals surface area contributed by atoms with E-state index in [2.05, 4.69) is 0 Å². The fraction of sp³-hybridized carbons (Fsp3) is 0.875. The lowest BCUT2D eigenvalue weighted by molar-refractivity contribution is -0.153. The first-order valence-corrected chi connectivity index (χ1v) is 7.97. The molecule has 1 saturated heterocycles. The minimum atomic E-state index is -0.924. The van der Waals surface area contributed by atoms with Gasteiger partial charge in [-0.3, -0.25) is 4.90 Å². The van der Waals surface area contributed by atoms with Crippen LogP contribution in [0.5, 0.6) is 0 Å². The third-order valence-electron chi connectivity index (χ3n) is 3.92. The molecule has 1 heterocycles. The van der Waals surface area contributed by atoms with Crippen LogP contribution in [-0.2, 0) is 14.3 Å². The van der Waals surface area contributed by atoms with E-state index >= 15 is 0 Å². The molecule has 6 nitrogen and oxygen atoms in total. The molecule has 6 heteroatoms. The number of aliphatic hydroxyl groups is 1. The number of carbonyl (C=O) groups excluding carboxylic acids is 2. The Balaban J connectivity index is 2.87. The molecule has 0 aromatic heterocycles. The van der Waals surface area contributed by atoms with E-state index in [1.54, 1.807) is 0 Å². The Morgan fingerprint density at radius 3 is 2.45 bits per heavy atom. The van der Waals surface area contributed by atoms with Gasteiger partial charge in [-0.1, -0.05) is 12.8 Å². The normalized spacial score (nSPS) is 21.8. The van der Waals surface area contributed by atoms with Gasteiger partial charge in [-0.2, -0.15) is 0 Å². The average Bonchev–Trinajstić information content (AvgIpc) is 2.86. The number of methoxy groups -OCH3 is 1. The van der Waals surface area contributed by atoms with Gasteiger partial charge in [0.2, 0.25) is 0 Å². The van der Waals surface area contributed by atoms with E-state index < -0.39 is 17.2 Å². The molecule has 1 fully saturated rings. The molecule has 0 radical (unpaired) electrons. The van der Waals surface area contributed by atoms with Gasteiger partial charge in [-0.15, -0.1) is 0 Å². The number of likely N-dealkylation sites (tertiary alicyclic amines) is 1. The van der Waals surface area contributed by atoms with Gasteiger partial charge >= 0.3 is 12.1 Å². The van der Waals surface area contributed by atoms with Crippen LogP contribution in [-0.4, -0.2) is 53.5 Å². The molecule has 0 aromatic rings. The predicted molar refractivity (Wildman–Crippen MR) is 82.5 cm³/mol. The Bertz CT molecular complexity index is 390. The lowest BCUT2D eigenvalue weighted by atomic mass is 9.89. The second-order valence-corrected chi connectivity index (χ2v) is 6.79. The minimum Gasteiger partial charge on any atom is -0.467 e. The minimum absolute atomic E-state index is 0.140. The van der Waals surface area contributed by atoms with Crippen LogP contribution in [0, 0.1) is 0 Å². The highest BCUT2D eigenvalue weighted by Gasteiger charge is 2.51. The Kier molecular flexibility index (Phi) is 6.66. The summed E-state index contributed by atoms with van der Waals surface area (Å²) in [6.07, 6.45) is 3.71. The van der Waals surface area contributed by atoms with Crippen LogP contribution in [0.15, 0.2) is 0 Å². The molecular weight excluding hydrogens is 286 g/mol. The maximum atomic E-state index is 12.4. The fourth-order valence-corrected chi connectivity index (χ4v) is 2.93. The summed E-state index contributed by atoms with van der Waals surface area (Å²) in [5, 5.41) is 8.87. The van der Waals surface area contributed by atoms with Crippen molar-refractivity contribution in [2.75, 3.05) is 20.3 Å². The van der Waals surface area contributed by atoms with Gasteiger partial charge in [0.15, 0.2) is 0 Å². The van der Waals surface area contributed by atoms with Crippen LogP contribution >= 0.6 is 0 Å². The van der Waals surface area contributed by atoms with Gasteiger partial charge in [0.25, 0.3) is 0 Å². The molecule has 128 valence electrons. The summed E-state index contributed by atoms with van der Waals surface area (Å²) in [6, 6.07) is 0. The number of unbranched alkanes of at least 4 members (excludes halogenated alkanes) is 2. The van der Waals surface area contributed by atoms with Crippen LogP contribution < -0.4 is 0 Å². The third kappa shape index (κ3) is 4.60. The maximum absolute atomic E-state index is 12.4. The highest BCUT2D eigenvalue weighted by atomic mass is 16.6. The average molecular weight is 315 g/mol. The summed E-state index contributed by atoms with van der Waals surface area (Å²) in [6.45, 7) is 6.07. The highest BCUT2D eigenvalue weighted by molar-refractivity contribution is 5.86. The summed E-state index contributed by atoms with van der Waals surface area (Å²) in [7, 11) is 1.35. The van der Waals surface area contributed by atoms with Crippen LogP contribution in [0.2, 0.25) is 0 Å². The molecule has 0 aliphatic carbocycles. The molecule has 0 saturated carbocycles. The number of hydrogen-bond acceptors (Lipinski definition) is 5. The SMILES string of the molecule is COC(=O)C1(CCCCCO)CCCN1C(=O)OC(C)(C)C. The van der Waals surface area contributed by atoms with E-state index in [-0.39, 0.29) is 12.6 Å². The van der Waals surface area contributed by atoms with Crippen molar-refractivity contribution in [2.45, 2.75) is 70.4 Å². The molecule has 1 unspecified atom stereocenters.